The molecule has 0 radical (unpaired) electrons. The highest BCUT2D eigenvalue weighted by Gasteiger charge is 2.20. The van der Waals surface area contributed by atoms with E-state index in [1.54, 1.807) is 84.2 Å². The van der Waals surface area contributed by atoms with Crippen LogP contribution in [0.1, 0.15) is 31.8 Å². The highest BCUT2D eigenvalue weighted by Crippen LogP contribution is 2.31. The maximum atomic E-state index is 13.6. The summed E-state index contributed by atoms with van der Waals surface area (Å²) in [5.74, 6) is 0.205. The lowest BCUT2D eigenvalue weighted by Gasteiger charge is -2.16. The molecule has 48 heavy (non-hydrogen) atoms. The molecule has 0 fully saturated rings. The number of fused-ring (bicyclic) bond motifs is 2. The first-order valence-corrected chi connectivity index (χ1v) is 15.5. The van der Waals surface area contributed by atoms with Crippen molar-refractivity contribution >= 4 is 45.3 Å². The van der Waals surface area contributed by atoms with Gasteiger partial charge in [0.2, 0.25) is 0 Å². The number of anilines is 2. The number of benzene rings is 2. The number of aliphatic hydroxyl groups is 2. The van der Waals surface area contributed by atoms with E-state index in [0.29, 0.717) is 55.7 Å². The summed E-state index contributed by atoms with van der Waals surface area (Å²) < 4.78 is 6.34. The molecule has 0 aliphatic carbocycles. The van der Waals surface area contributed by atoms with E-state index in [9.17, 15) is 29.4 Å². The molecule has 0 atom stereocenters. The molecule has 0 aliphatic rings. The number of nitrogens with one attached hydrogen (secondary N) is 2. The van der Waals surface area contributed by atoms with Gasteiger partial charge in [-0.25, -0.2) is 0 Å². The van der Waals surface area contributed by atoms with Crippen LogP contribution in [-0.2, 0) is 27.2 Å². The minimum Gasteiger partial charge on any atom is -0.395 e. The molecule has 0 spiro atoms. The second-order valence-electron chi connectivity index (χ2n) is 11.7. The number of aryl methyl sites for hydroxylation is 2. The monoisotopic (exact) mass is 648 g/mol. The van der Waals surface area contributed by atoms with Crippen LogP contribution in [0.15, 0.2) is 82.6 Å². The number of aliphatic hydroxyl groups excluding tert-OH is 2. The van der Waals surface area contributed by atoms with Crippen LogP contribution in [0.2, 0.25) is 0 Å². The molecule has 0 aliphatic heterocycles. The Bertz CT molecular complexity index is 2190. The summed E-state index contributed by atoms with van der Waals surface area (Å²) in [6.07, 6.45) is 3.24. The highest BCUT2D eigenvalue weighted by atomic mass is 16.3. The van der Waals surface area contributed by atoms with Crippen molar-refractivity contribution in [3.8, 4) is 11.1 Å². The number of aromatic nitrogens is 4. The van der Waals surface area contributed by atoms with Gasteiger partial charge in [0.05, 0.1) is 35.0 Å². The van der Waals surface area contributed by atoms with Crippen LogP contribution in [0.4, 0.5) is 11.6 Å². The van der Waals surface area contributed by atoms with E-state index < -0.39 is 0 Å². The van der Waals surface area contributed by atoms with Crippen LogP contribution in [0.3, 0.4) is 0 Å². The zero-order chi connectivity index (χ0) is 34.3. The van der Waals surface area contributed by atoms with Crippen molar-refractivity contribution in [1.82, 2.24) is 18.3 Å². The summed E-state index contributed by atoms with van der Waals surface area (Å²) in [5.41, 5.74) is 4.68. The Balaban J connectivity index is 1.29. The van der Waals surface area contributed by atoms with Crippen LogP contribution in [0, 0.1) is 13.8 Å². The van der Waals surface area contributed by atoms with Gasteiger partial charge < -0.3 is 39.1 Å². The highest BCUT2D eigenvalue weighted by molar-refractivity contribution is 6.09. The lowest BCUT2D eigenvalue weighted by Crippen LogP contribution is -2.20. The normalized spacial score (nSPS) is 11.4. The molecule has 0 saturated carbocycles. The van der Waals surface area contributed by atoms with E-state index in [-0.39, 0.29) is 49.2 Å². The molecule has 0 saturated heterocycles. The molecule has 12 heteroatoms. The lowest BCUT2D eigenvalue weighted by molar-refractivity contribution is 0.101. The molecule has 12 nitrogen and oxygen atoms in total. The van der Waals surface area contributed by atoms with Gasteiger partial charge in [0.25, 0.3) is 22.9 Å². The van der Waals surface area contributed by atoms with Gasteiger partial charge >= 0.3 is 0 Å². The van der Waals surface area contributed by atoms with Gasteiger partial charge in [0.15, 0.2) is 0 Å². The number of hydrogen-bond acceptors (Lipinski definition) is 6. The number of nitrogens with zero attached hydrogens (tertiary/aromatic N) is 4. The van der Waals surface area contributed by atoms with Crippen LogP contribution in [0.5, 0.6) is 0 Å². The zero-order valence-corrected chi connectivity index (χ0v) is 27.1. The first-order chi connectivity index (χ1) is 23.0. The van der Waals surface area contributed by atoms with Gasteiger partial charge in [0.1, 0.15) is 11.6 Å². The Kier molecular flexibility index (Phi) is 8.61. The van der Waals surface area contributed by atoms with Crippen molar-refractivity contribution in [1.29, 1.82) is 0 Å². The summed E-state index contributed by atoms with van der Waals surface area (Å²) in [5, 5.41) is 25.3. The number of hydrogen-bond donors (Lipinski definition) is 4. The molecule has 6 aromatic rings. The number of pyridine rings is 2. The summed E-state index contributed by atoms with van der Waals surface area (Å²) in [7, 11) is 3.53. The summed E-state index contributed by atoms with van der Waals surface area (Å²) in [6, 6.07) is 17.6. The largest absolute Gasteiger partial charge is 0.395 e. The van der Waals surface area contributed by atoms with E-state index >= 15 is 0 Å². The maximum absolute atomic E-state index is 13.6. The lowest BCUT2D eigenvalue weighted by atomic mass is 9.91. The van der Waals surface area contributed by atoms with Crippen molar-refractivity contribution in [2.75, 3.05) is 23.8 Å². The van der Waals surface area contributed by atoms with Crippen LogP contribution in [-0.4, -0.2) is 53.5 Å². The van der Waals surface area contributed by atoms with Gasteiger partial charge in [-0.3, -0.25) is 19.2 Å². The predicted octanol–water partition coefficient (Wildman–Crippen LogP) is 3.77. The van der Waals surface area contributed by atoms with Crippen molar-refractivity contribution < 1.29 is 19.8 Å². The molecule has 4 aromatic heterocycles. The third kappa shape index (κ3) is 5.50. The molecule has 2 aromatic carbocycles. The standard InChI is InChI=1S/C36H36N6O6/c1-21-23(7-5-9-25(21)33(45)37-31-19-27-29(39(31)3)11-13-41(15-17-43)35(27)47)24-8-6-10-26(22(24)2)34(46)38-32-20-28-30(40(32)4)12-14-42(16-18-44)36(28)48/h5-14,19-20,43-44H,15-18H2,1-4H3,(H,37,45)(H,38,46). The fraction of sp³-hybridized carbons (Fsp3) is 0.222. The molecule has 0 unspecified atom stereocenters. The van der Waals surface area contributed by atoms with Crippen molar-refractivity contribution in [3.63, 3.8) is 0 Å². The van der Waals surface area contributed by atoms with Gasteiger partial charge in [-0.1, -0.05) is 24.3 Å². The first kappa shape index (κ1) is 32.2. The topological polar surface area (TPSA) is 153 Å². The molecule has 4 N–H and O–H groups in total. The predicted molar refractivity (Wildman–Crippen MR) is 186 cm³/mol. The third-order valence-corrected chi connectivity index (χ3v) is 8.98. The average molecular weight is 649 g/mol. The Morgan fingerprint density at radius 3 is 1.42 bits per heavy atom. The van der Waals surface area contributed by atoms with Crippen LogP contribution in [0.25, 0.3) is 32.9 Å². The average Bonchev–Trinajstić information content (AvgIpc) is 3.56. The van der Waals surface area contributed by atoms with Gasteiger partial charge in [-0.2, -0.15) is 0 Å². The number of amides is 2. The van der Waals surface area contributed by atoms with Crippen LogP contribution >= 0.6 is 0 Å². The van der Waals surface area contributed by atoms with Crippen molar-refractivity contribution in [3.05, 3.63) is 116 Å². The fourth-order valence-corrected chi connectivity index (χ4v) is 6.27. The van der Waals surface area contributed by atoms with E-state index in [1.165, 1.54) is 9.13 Å². The molecule has 6 rings (SSSR count). The zero-order valence-electron chi connectivity index (χ0n) is 27.1. The van der Waals surface area contributed by atoms with E-state index in [2.05, 4.69) is 10.6 Å². The number of carbonyl (C=O) groups is 2. The van der Waals surface area contributed by atoms with Crippen molar-refractivity contribution in [2.24, 2.45) is 14.1 Å². The quantitative estimate of drug-likeness (QED) is 0.187. The molecular formula is C36H36N6O6. The fourth-order valence-electron chi connectivity index (χ4n) is 6.27. The van der Waals surface area contributed by atoms with Gasteiger partial charge in [-0.05, 0) is 72.5 Å². The number of rotatable bonds is 9. The summed E-state index contributed by atoms with van der Waals surface area (Å²) in [6.45, 7) is 3.74. The van der Waals surface area contributed by atoms with Crippen molar-refractivity contribution in [2.45, 2.75) is 26.9 Å². The van der Waals surface area contributed by atoms with Gasteiger partial charge in [0, 0.05) is 50.7 Å². The molecule has 246 valence electrons. The minimum absolute atomic E-state index is 0.162. The Hall–Kier alpha value is -5.72. The SMILES string of the molecule is Cc1c(C(=O)Nc2cc3c(=O)n(CCO)ccc3n2C)cccc1-c1cccc(C(=O)Nc2cc3c(=O)n(CCO)ccc3n2C)c1C. The second-order valence-corrected chi connectivity index (χ2v) is 11.7. The Morgan fingerprint density at radius 2 is 1.04 bits per heavy atom. The molecule has 2 amide bonds. The summed E-state index contributed by atoms with van der Waals surface area (Å²) >= 11 is 0. The summed E-state index contributed by atoms with van der Waals surface area (Å²) in [4.78, 5) is 53.0. The first-order valence-electron chi connectivity index (χ1n) is 15.5. The van der Waals surface area contributed by atoms with Gasteiger partial charge in [-0.15, -0.1) is 0 Å². The molecule has 0 bridgehead atoms. The smallest absolute Gasteiger partial charge is 0.260 e. The van der Waals surface area contributed by atoms with E-state index in [1.807, 2.05) is 26.0 Å². The maximum Gasteiger partial charge on any atom is 0.260 e. The van der Waals surface area contributed by atoms with E-state index in [0.717, 1.165) is 11.1 Å². The van der Waals surface area contributed by atoms with Crippen LogP contribution < -0.4 is 21.8 Å². The molecular weight excluding hydrogens is 612 g/mol. The number of carbonyl (C=O) groups excluding carboxylic acids is 2. The van der Waals surface area contributed by atoms with E-state index in [4.69, 9.17) is 0 Å². The second kappa shape index (κ2) is 12.8. The third-order valence-electron chi connectivity index (χ3n) is 8.98. The minimum atomic E-state index is -0.351. The molecule has 4 heterocycles. The Labute approximate surface area is 275 Å². The Morgan fingerprint density at radius 1 is 0.646 bits per heavy atom.